The van der Waals surface area contributed by atoms with Crippen molar-refractivity contribution in [1.29, 1.82) is 0 Å². The van der Waals surface area contributed by atoms with Crippen molar-refractivity contribution >= 4 is 34.5 Å². The molecule has 0 saturated carbocycles. The highest BCUT2D eigenvalue weighted by molar-refractivity contribution is 6.08. The number of carbonyl (C=O) groups is 2. The van der Waals surface area contributed by atoms with Crippen LogP contribution in [0.15, 0.2) is 99.0 Å². The van der Waals surface area contributed by atoms with Crippen LogP contribution in [0.3, 0.4) is 0 Å². The van der Waals surface area contributed by atoms with Gasteiger partial charge < -0.3 is 10.2 Å². The van der Waals surface area contributed by atoms with Crippen molar-refractivity contribution in [2.45, 2.75) is 12.7 Å². The lowest BCUT2D eigenvalue weighted by atomic mass is 9.99. The van der Waals surface area contributed by atoms with Crippen molar-refractivity contribution in [3.8, 4) is 16.8 Å². The van der Waals surface area contributed by atoms with Crippen molar-refractivity contribution in [2.75, 3.05) is 19.4 Å². The van der Waals surface area contributed by atoms with Gasteiger partial charge in [0.1, 0.15) is 5.52 Å². The second kappa shape index (κ2) is 11.3. The van der Waals surface area contributed by atoms with E-state index in [0.29, 0.717) is 10.4 Å². The second-order valence-corrected chi connectivity index (χ2v) is 10.3. The number of carbonyl (C=O) groups excluding carboxylic acids is 2. The lowest BCUT2D eigenvalue weighted by Gasteiger charge is -2.14. The number of nitrogens with zero attached hydrogens (tertiary/aromatic N) is 8. The normalized spacial score (nSPS) is 13.1. The Morgan fingerprint density at radius 1 is 0.933 bits per heavy atom. The smallest absolute Gasteiger partial charge is 0.306 e. The van der Waals surface area contributed by atoms with Gasteiger partial charge >= 0.3 is 23.8 Å². The molecule has 3 heterocycles. The molecule has 0 radical (unpaired) electrons. The summed E-state index contributed by atoms with van der Waals surface area (Å²) >= 11 is 0. The number of rotatable bonds is 6. The SMILES string of the molecule is CN(C)Cc1ccccc1-c1ccc(NC(=O)n2ncc3c(C(F)(F)F)nn(-c4cccc(C5=NC(=O)N=N5)c4)c3c2=O)cc1. The molecule has 5 aromatic rings. The molecule has 0 bridgehead atoms. The zero-order chi connectivity index (χ0) is 31.9. The van der Waals surface area contributed by atoms with Crippen LogP contribution in [-0.2, 0) is 12.7 Å². The van der Waals surface area contributed by atoms with E-state index in [-0.39, 0.29) is 17.1 Å². The van der Waals surface area contributed by atoms with Crippen molar-refractivity contribution in [1.82, 2.24) is 24.5 Å². The fraction of sp³-hybridized carbons (Fsp3) is 0.133. The Balaban J connectivity index is 1.36. The number of urea groups is 1. The highest BCUT2D eigenvalue weighted by Crippen LogP contribution is 2.34. The van der Waals surface area contributed by atoms with E-state index in [1.807, 2.05) is 55.4 Å². The molecule has 0 atom stereocenters. The number of azo groups is 1. The third kappa shape index (κ3) is 5.75. The fourth-order valence-electron chi connectivity index (χ4n) is 4.88. The number of amides is 3. The molecule has 2 aromatic heterocycles. The van der Waals surface area contributed by atoms with Crippen LogP contribution < -0.4 is 10.9 Å². The Bertz CT molecular complexity index is 2100. The van der Waals surface area contributed by atoms with Gasteiger partial charge in [0.25, 0.3) is 0 Å². The van der Waals surface area contributed by atoms with E-state index in [4.69, 9.17) is 0 Å². The zero-order valence-corrected chi connectivity index (χ0v) is 23.6. The van der Waals surface area contributed by atoms with Crippen molar-refractivity contribution < 1.29 is 22.8 Å². The molecule has 0 spiro atoms. The maximum absolute atomic E-state index is 14.0. The van der Waals surface area contributed by atoms with Crippen LogP contribution in [0.2, 0.25) is 0 Å². The minimum absolute atomic E-state index is 0.0191. The Hall–Kier alpha value is -5.83. The van der Waals surface area contributed by atoms with E-state index < -0.39 is 40.4 Å². The molecule has 0 fully saturated rings. The maximum Gasteiger partial charge on any atom is 0.435 e. The van der Waals surface area contributed by atoms with Gasteiger partial charge in [-0.2, -0.15) is 28.4 Å². The summed E-state index contributed by atoms with van der Waals surface area (Å²) in [5.74, 6) is -0.0555. The monoisotopic (exact) mass is 613 g/mol. The maximum atomic E-state index is 14.0. The Morgan fingerprint density at radius 3 is 2.38 bits per heavy atom. The van der Waals surface area contributed by atoms with Gasteiger partial charge in [-0.15, -0.1) is 9.80 Å². The average Bonchev–Trinajstić information content (AvgIpc) is 3.62. The van der Waals surface area contributed by atoms with Crippen molar-refractivity contribution in [3.05, 3.63) is 106 Å². The predicted molar refractivity (Wildman–Crippen MR) is 159 cm³/mol. The molecule has 0 saturated heterocycles. The number of aliphatic imine (C=N–C) groups is 1. The van der Waals surface area contributed by atoms with Gasteiger partial charge in [-0.1, -0.05) is 53.6 Å². The molecule has 226 valence electrons. The summed E-state index contributed by atoms with van der Waals surface area (Å²) in [5.41, 5.74) is 0.591. The molecule has 1 N–H and O–H groups in total. The third-order valence-electron chi connectivity index (χ3n) is 6.81. The molecular formula is C30H22F3N9O3. The van der Waals surface area contributed by atoms with Gasteiger partial charge in [-0.25, -0.2) is 14.3 Å². The highest BCUT2D eigenvalue weighted by Gasteiger charge is 2.38. The average molecular weight is 614 g/mol. The van der Waals surface area contributed by atoms with Crippen LogP contribution >= 0.6 is 0 Å². The molecule has 1 aliphatic rings. The van der Waals surface area contributed by atoms with Gasteiger partial charge in [0, 0.05) is 17.8 Å². The minimum Gasteiger partial charge on any atom is -0.306 e. The number of aromatic nitrogens is 4. The van der Waals surface area contributed by atoms with E-state index in [2.05, 4.69) is 30.7 Å². The van der Waals surface area contributed by atoms with Crippen LogP contribution in [0.1, 0.15) is 16.8 Å². The largest absolute Gasteiger partial charge is 0.435 e. The van der Waals surface area contributed by atoms with E-state index in [0.717, 1.165) is 34.1 Å². The first-order chi connectivity index (χ1) is 21.5. The number of hydrogen-bond acceptors (Lipinski definition) is 7. The van der Waals surface area contributed by atoms with Crippen LogP contribution in [0.25, 0.3) is 27.7 Å². The summed E-state index contributed by atoms with van der Waals surface area (Å²) in [6, 6.07) is 18.7. The molecule has 0 aliphatic carbocycles. The standard InChI is InChI=1S/C30H22F3N9O3/c1-40(2)16-19-6-3-4-9-22(19)17-10-12-20(13-11-17)35-29(45)42-27(43)24-23(15-34-42)25(30(31,32)33)39-41(24)21-8-5-7-18(14-21)26-36-28(44)38-37-26/h3-15H,16H2,1-2H3,(H,35,45). The molecule has 3 amide bonds. The topological polar surface area (TPSA) is 139 Å². The first-order valence-electron chi connectivity index (χ1n) is 13.4. The van der Waals surface area contributed by atoms with Crippen LogP contribution in [-0.4, -0.2) is 56.5 Å². The number of nitrogens with one attached hydrogen (secondary N) is 1. The molecule has 0 unspecified atom stereocenters. The van der Waals surface area contributed by atoms with Crippen LogP contribution in [0, 0.1) is 0 Å². The summed E-state index contributed by atoms with van der Waals surface area (Å²) in [6.07, 6.45) is -4.17. The summed E-state index contributed by atoms with van der Waals surface area (Å²) in [7, 11) is 3.94. The van der Waals surface area contributed by atoms with E-state index in [1.54, 1.807) is 12.1 Å². The number of hydrogen-bond donors (Lipinski definition) is 1. The van der Waals surface area contributed by atoms with Gasteiger partial charge in [-0.05, 0) is 55.1 Å². The molecule has 1 aliphatic heterocycles. The van der Waals surface area contributed by atoms with Crippen molar-refractivity contribution in [2.24, 2.45) is 15.2 Å². The molecular weight excluding hydrogens is 591 g/mol. The molecule has 12 nitrogen and oxygen atoms in total. The molecule has 6 rings (SSSR count). The first-order valence-corrected chi connectivity index (χ1v) is 13.4. The summed E-state index contributed by atoms with van der Waals surface area (Å²) in [6.45, 7) is 0.724. The van der Waals surface area contributed by atoms with Crippen LogP contribution in [0.5, 0.6) is 0 Å². The van der Waals surface area contributed by atoms with Crippen LogP contribution in [0.4, 0.5) is 28.4 Å². The summed E-state index contributed by atoms with van der Waals surface area (Å²) < 4.78 is 43.1. The molecule has 3 aromatic carbocycles. The summed E-state index contributed by atoms with van der Waals surface area (Å²) in [4.78, 5) is 43.8. The number of fused-ring (bicyclic) bond motifs is 1. The lowest BCUT2D eigenvalue weighted by molar-refractivity contribution is -0.140. The summed E-state index contributed by atoms with van der Waals surface area (Å²) in [5, 5.41) is 16.3. The number of alkyl halides is 3. The highest BCUT2D eigenvalue weighted by atomic mass is 19.4. The zero-order valence-electron chi connectivity index (χ0n) is 23.6. The number of anilines is 1. The van der Waals surface area contributed by atoms with Gasteiger partial charge in [-0.3, -0.25) is 4.79 Å². The van der Waals surface area contributed by atoms with Gasteiger partial charge in [0.2, 0.25) is 0 Å². The Morgan fingerprint density at radius 2 is 1.69 bits per heavy atom. The Kier molecular flexibility index (Phi) is 7.38. The number of halogens is 3. The fourth-order valence-corrected chi connectivity index (χ4v) is 4.88. The quantitative estimate of drug-likeness (QED) is 0.259. The lowest BCUT2D eigenvalue weighted by Crippen LogP contribution is -2.33. The molecule has 45 heavy (non-hydrogen) atoms. The van der Waals surface area contributed by atoms with E-state index in [9.17, 15) is 27.6 Å². The first kappa shape index (κ1) is 29.3. The van der Waals surface area contributed by atoms with Crippen molar-refractivity contribution in [3.63, 3.8) is 0 Å². The third-order valence-corrected chi connectivity index (χ3v) is 6.81. The minimum atomic E-state index is -4.94. The molecule has 15 heteroatoms. The number of amidine groups is 1. The number of benzene rings is 3. The Labute approximate surface area is 252 Å². The van der Waals surface area contributed by atoms with Gasteiger partial charge in [0.15, 0.2) is 11.5 Å². The predicted octanol–water partition coefficient (Wildman–Crippen LogP) is 5.74. The van der Waals surface area contributed by atoms with Gasteiger partial charge in [0.05, 0.1) is 17.3 Å². The van der Waals surface area contributed by atoms with E-state index >= 15 is 0 Å². The second-order valence-electron chi connectivity index (χ2n) is 10.3. The van der Waals surface area contributed by atoms with E-state index in [1.165, 1.54) is 24.3 Å².